The Morgan fingerprint density at radius 2 is 2.04 bits per heavy atom. The van der Waals surface area contributed by atoms with E-state index in [1.54, 1.807) is 6.92 Å². The first-order valence-electron chi connectivity index (χ1n) is 8.38. The van der Waals surface area contributed by atoms with Crippen molar-refractivity contribution in [2.45, 2.75) is 52.7 Å². The molecule has 0 spiro atoms. The molecule has 2 unspecified atom stereocenters. The lowest BCUT2D eigenvalue weighted by Gasteiger charge is -2.18. The first kappa shape index (κ1) is 18.3. The summed E-state index contributed by atoms with van der Waals surface area (Å²) in [6, 6.07) is 8.11. The summed E-state index contributed by atoms with van der Waals surface area (Å²) in [5.41, 5.74) is 4.57. The van der Waals surface area contributed by atoms with Gasteiger partial charge in [0.05, 0.1) is 18.4 Å². The van der Waals surface area contributed by atoms with E-state index in [1.165, 1.54) is 11.8 Å². The molecule has 0 amide bonds. The van der Waals surface area contributed by atoms with Crippen LogP contribution in [0.5, 0.6) is 0 Å². The molecule has 1 N–H and O–H groups in total. The number of fused-ring (bicyclic) bond motifs is 1. The number of carbonyl (C=O) groups excluding carboxylic acids is 1. The average molecular weight is 330 g/mol. The number of hydrogen-bond acceptors (Lipinski definition) is 4. The van der Waals surface area contributed by atoms with Crippen molar-refractivity contribution in [1.29, 1.82) is 0 Å². The topological polar surface area (TPSA) is 55.8 Å². The van der Waals surface area contributed by atoms with Crippen LogP contribution in [0.3, 0.4) is 0 Å². The fourth-order valence-electron chi connectivity index (χ4n) is 2.85. The van der Waals surface area contributed by atoms with Crippen molar-refractivity contribution in [3.8, 4) is 0 Å². The number of benzene rings is 1. The third-order valence-corrected chi connectivity index (χ3v) is 4.50. The van der Waals surface area contributed by atoms with Crippen LogP contribution in [-0.4, -0.2) is 24.0 Å². The summed E-state index contributed by atoms with van der Waals surface area (Å²) >= 11 is 0. The molecular weight excluding hydrogens is 304 g/mol. The predicted octanol–water partition coefficient (Wildman–Crippen LogP) is 3.85. The van der Waals surface area contributed by atoms with E-state index in [-0.39, 0.29) is 11.9 Å². The van der Waals surface area contributed by atoms with Gasteiger partial charge in [0.1, 0.15) is 0 Å². The normalized spacial score (nSPS) is 17.9. The number of hydrogen-bond donors (Lipinski definition) is 1. The van der Waals surface area contributed by atoms with E-state index in [9.17, 15) is 9.90 Å². The molecule has 1 aromatic carbocycles. The minimum atomic E-state index is -1.06. The number of rotatable bonds is 6. The molecule has 0 aromatic heterocycles. The lowest BCUT2D eigenvalue weighted by atomic mass is 9.93. The number of ether oxygens (including phenoxy) is 2. The Balaban J connectivity index is 2.28. The summed E-state index contributed by atoms with van der Waals surface area (Å²) < 4.78 is 10.6. The highest BCUT2D eigenvalue weighted by Crippen LogP contribution is 2.38. The Kier molecular flexibility index (Phi) is 6.21. The van der Waals surface area contributed by atoms with Crippen molar-refractivity contribution >= 4 is 5.97 Å². The van der Waals surface area contributed by atoms with Crippen LogP contribution < -0.4 is 0 Å². The van der Waals surface area contributed by atoms with Gasteiger partial charge >= 0.3 is 5.97 Å². The zero-order chi connectivity index (χ0) is 17.7. The molecule has 0 bridgehead atoms. The standard InChI is InChI=1S/C20H26O4/c1-5-23-20(22)18(12-24-19(21)14(4)13(2)3)17-11-10-15-8-6-7-9-16(15)17/h6-9,12,17,19,21H,5,10-11H2,1-4H3/b18-12+. The fraction of sp³-hybridized carbons (Fsp3) is 0.450. The quantitative estimate of drug-likeness (QED) is 0.283. The molecule has 4 heteroatoms. The van der Waals surface area contributed by atoms with Crippen LogP contribution in [0.15, 0.2) is 47.2 Å². The Labute approximate surface area is 143 Å². The van der Waals surface area contributed by atoms with Crippen LogP contribution in [0.1, 0.15) is 51.2 Å². The highest BCUT2D eigenvalue weighted by molar-refractivity contribution is 5.90. The van der Waals surface area contributed by atoms with E-state index in [1.807, 2.05) is 39.0 Å². The van der Waals surface area contributed by atoms with Gasteiger partial charge in [-0.05, 0) is 57.2 Å². The van der Waals surface area contributed by atoms with Gasteiger partial charge in [0.15, 0.2) is 0 Å². The molecule has 2 rings (SSSR count). The van der Waals surface area contributed by atoms with Gasteiger partial charge in [0.25, 0.3) is 0 Å². The Hall–Kier alpha value is -2.07. The van der Waals surface area contributed by atoms with Crippen LogP contribution in [-0.2, 0) is 20.7 Å². The van der Waals surface area contributed by atoms with Gasteiger partial charge in [0, 0.05) is 5.92 Å². The maximum Gasteiger partial charge on any atom is 0.337 e. The Bertz CT molecular complexity index is 653. The van der Waals surface area contributed by atoms with Gasteiger partial charge in [0.2, 0.25) is 6.29 Å². The molecule has 130 valence electrons. The average Bonchev–Trinajstić information content (AvgIpc) is 2.98. The first-order chi connectivity index (χ1) is 11.5. The minimum absolute atomic E-state index is 0.0561. The van der Waals surface area contributed by atoms with Crippen LogP contribution in [0, 0.1) is 0 Å². The molecule has 0 heterocycles. The molecule has 4 nitrogen and oxygen atoms in total. The first-order valence-corrected chi connectivity index (χ1v) is 8.38. The molecule has 0 saturated heterocycles. The molecule has 1 aliphatic carbocycles. The van der Waals surface area contributed by atoms with Crippen molar-refractivity contribution in [3.63, 3.8) is 0 Å². The van der Waals surface area contributed by atoms with Crippen LogP contribution in [0.25, 0.3) is 0 Å². The van der Waals surface area contributed by atoms with E-state index in [4.69, 9.17) is 9.47 Å². The summed E-state index contributed by atoms with van der Waals surface area (Å²) in [7, 11) is 0. The van der Waals surface area contributed by atoms with Gasteiger partial charge in [-0.2, -0.15) is 0 Å². The predicted molar refractivity (Wildman–Crippen MR) is 93.4 cm³/mol. The second-order valence-corrected chi connectivity index (χ2v) is 6.26. The monoisotopic (exact) mass is 330 g/mol. The number of esters is 1. The molecule has 2 atom stereocenters. The summed E-state index contributed by atoms with van der Waals surface area (Å²) in [4.78, 5) is 12.4. The summed E-state index contributed by atoms with van der Waals surface area (Å²) in [5, 5.41) is 10.1. The Morgan fingerprint density at radius 3 is 2.71 bits per heavy atom. The zero-order valence-corrected chi connectivity index (χ0v) is 14.8. The van der Waals surface area contributed by atoms with Crippen molar-refractivity contribution in [3.05, 3.63) is 58.4 Å². The van der Waals surface area contributed by atoms with Crippen LogP contribution in [0.4, 0.5) is 0 Å². The van der Waals surface area contributed by atoms with Gasteiger partial charge in [-0.3, -0.25) is 0 Å². The van der Waals surface area contributed by atoms with E-state index in [0.717, 1.165) is 29.6 Å². The molecule has 0 fully saturated rings. The second kappa shape index (κ2) is 8.15. The van der Waals surface area contributed by atoms with Crippen molar-refractivity contribution < 1.29 is 19.4 Å². The molecular formula is C20H26O4. The van der Waals surface area contributed by atoms with E-state index in [0.29, 0.717) is 12.2 Å². The maximum atomic E-state index is 12.4. The van der Waals surface area contributed by atoms with Gasteiger partial charge in [-0.25, -0.2) is 4.79 Å². The molecule has 24 heavy (non-hydrogen) atoms. The van der Waals surface area contributed by atoms with E-state index >= 15 is 0 Å². The van der Waals surface area contributed by atoms with Crippen molar-refractivity contribution in [2.75, 3.05) is 6.61 Å². The largest absolute Gasteiger partial charge is 0.468 e. The van der Waals surface area contributed by atoms with E-state index < -0.39 is 6.29 Å². The number of aliphatic hydroxyl groups excluding tert-OH is 1. The summed E-state index contributed by atoms with van der Waals surface area (Å²) in [6.07, 6.45) is 2.08. The van der Waals surface area contributed by atoms with Crippen LogP contribution in [0.2, 0.25) is 0 Å². The van der Waals surface area contributed by atoms with Crippen molar-refractivity contribution in [1.82, 2.24) is 0 Å². The molecule has 1 aromatic rings. The SMILES string of the molecule is CCOC(=O)/C(=C/OC(O)C(C)=C(C)C)C1CCc2ccccc21. The molecule has 1 aliphatic rings. The maximum absolute atomic E-state index is 12.4. The lowest BCUT2D eigenvalue weighted by Crippen LogP contribution is -2.17. The summed E-state index contributed by atoms with van der Waals surface area (Å²) in [6.45, 7) is 7.71. The smallest absolute Gasteiger partial charge is 0.337 e. The minimum Gasteiger partial charge on any atom is -0.468 e. The van der Waals surface area contributed by atoms with Gasteiger partial charge in [-0.1, -0.05) is 29.8 Å². The van der Waals surface area contributed by atoms with E-state index in [2.05, 4.69) is 6.07 Å². The van der Waals surface area contributed by atoms with Gasteiger partial charge < -0.3 is 14.6 Å². The number of carbonyl (C=O) groups is 1. The summed E-state index contributed by atoms with van der Waals surface area (Å²) in [5.74, 6) is -0.444. The molecule has 0 aliphatic heterocycles. The zero-order valence-electron chi connectivity index (χ0n) is 14.8. The fourth-order valence-corrected chi connectivity index (χ4v) is 2.85. The van der Waals surface area contributed by atoms with Crippen LogP contribution >= 0.6 is 0 Å². The highest BCUT2D eigenvalue weighted by Gasteiger charge is 2.30. The molecule has 0 radical (unpaired) electrons. The lowest BCUT2D eigenvalue weighted by molar-refractivity contribution is -0.139. The number of aryl methyl sites for hydroxylation is 1. The van der Waals surface area contributed by atoms with Crippen molar-refractivity contribution in [2.24, 2.45) is 0 Å². The number of aliphatic hydroxyl groups is 1. The van der Waals surface area contributed by atoms with Gasteiger partial charge in [-0.15, -0.1) is 0 Å². The molecule has 0 saturated carbocycles. The third-order valence-electron chi connectivity index (χ3n) is 4.50. The highest BCUT2D eigenvalue weighted by atomic mass is 16.6. The third kappa shape index (κ3) is 4.06. The number of allylic oxidation sites excluding steroid dienone is 1. The second-order valence-electron chi connectivity index (χ2n) is 6.26. The Morgan fingerprint density at radius 1 is 1.33 bits per heavy atom.